The molecule has 7 unspecified atom stereocenters. The van der Waals surface area contributed by atoms with Gasteiger partial charge in [0.15, 0.2) is 6.29 Å². The molecule has 67 heavy (non-hydrogen) atoms. The van der Waals surface area contributed by atoms with E-state index in [9.17, 15) is 35.1 Å². The molecular weight excluding hydrogens is 847 g/mol. The standard InChI is InChI=1S/C56H103NO10/c1-3-5-7-9-11-13-14-15-16-17-18-19-20-21-24-28-32-36-40-44-52(61)65-45-41-37-33-29-25-22-23-27-31-35-39-43-51(60)57-48(49(59)42-38-34-30-26-12-10-8-6-4-2)47-66-56-55(64)54(63)53(62)50(46-58)67-56/h11,13,15-16,38,42,48-50,53-56,58-59,62-64H,3-10,12,14,17-37,39-41,43-47H2,1-2H3,(H,57,60)/b13-11-,16-15-,42-38+. The van der Waals surface area contributed by atoms with E-state index in [0.717, 1.165) is 77.0 Å². The third-order valence-electron chi connectivity index (χ3n) is 13.0. The summed E-state index contributed by atoms with van der Waals surface area (Å²) in [5.74, 6) is -0.248. The average Bonchev–Trinajstić information content (AvgIpc) is 3.32. The van der Waals surface area contributed by atoms with Crippen LogP contribution in [0.15, 0.2) is 36.5 Å². The molecule has 11 heteroatoms. The molecule has 0 radical (unpaired) electrons. The molecule has 0 spiro atoms. The number of ether oxygens (including phenoxy) is 3. The van der Waals surface area contributed by atoms with E-state index in [0.29, 0.717) is 19.4 Å². The summed E-state index contributed by atoms with van der Waals surface area (Å²) in [6, 6.07) is -0.823. The van der Waals surface area contributed by atoms with Crippen molar-refractivity contribution in [1.29, 1.82) is 0 Å². The van der Waals surface area contributed by atoms with Crippen molar-refractivity contribution in [2.24, 2.45) is 0 Å². The molecular formula is C56H103NO10. The summed E-state index contributed by atoms with van der Waals surface area (Å²) in [6.07, 6.45) is 45.2. The quantitative estimate of drug-likeness (QED) is 0.0196. The van der Waals surface area contributed by atoms with Gasteiger partial charge in [-0.15, -0.1) is 0 Å². The van der Waals surface area contributed by atoms with Crippen molar-refractivity contribution in [3.05, 3.63) is 36.5 Å². The van der Waals surface area contributed by atoms with Crippen LogP contribution < -0.4 is 5.32 Å². The number of aliphatic hydroxyl groups excluding tert-OH is 5. The number of nitrogens with one attached hydrogen (secondary N) is 1. The van der Waals surface area contributed by atoms with Crippen LogP contribution in [0.25, 0.3) is 0 Å². The number of aliphatic hydroxyl groups is 5. The van der Waals surface area contributed by atoms with E-state index in [1.807, 2.05) is 6.08 Å². The van der Waals surface area contributed by atoms with Crippen LogP contribution in [0.3, 0.4) is 0 Å². The van der Waals surface area contributed by atoms with Gasteiger partial charge in [0.25, 0.3) is 0 Å². The monoisotopic (exact) mass is 950 g/mol. The Balaban J connectivity index is 2.08. The maximum Gasteiger partial charge on any atom is 0.305 e. The van der Waals surface area contributed by atoms with Gasteiger partial charge in [-0.1, -0.05) is 204 Å². The average molecular weight is 950 g/mol. The van der Waals surface area contributed by atoms with E-state index >= 15 is 0 Å². The summed E-state index contributed by atoms with van der Waals surface area (Å²) in [6.45, 7) is 4.21. The van der Waals surface area contributed by atoms with Crippen LogP contribution in [0.2, 0.25) is 0 Å². The fourth-order valence-electron chi connectivity index (χ4n) is 8.52. The van der Waals surface area contributed by atoms with Crippen molar-refractivity contribution in [1.82, 2.24) is 5.32 Å². The largest absolute Gasteiger partial charge is 0.466 e. The Kier molecular flexibility index (Phi) is 43.4. The molecule has 1 aliphatic heterocycles. The van der Waals surface area contributed by atoms with Crippen molar-refractivity contribution < 1.29 is 49.3 Å². The smallest absolute Gasteiger partial charge is 0.305 e. The van der Waals surface area contributed by atoms with Crippen LogP contribution in [0.4, 0.5) is 0 Å². The molecule has 392 valence electrons. The van der Waals surface area contributed by atoms with Gasteiger partial charge in [0.05, 0.1) is 32.0 Å². The molecule has 1 fully saturated rings. The Morgan fingerprint density at radius 3 is 1.54 bits per heavy atom. The fourth-order valence-corrected chi connectivity index (χ4v) is 8.52. The lowest BCUT2D eigenvalue weighted by atomic mass is 9.99. The Hall–Kier alpha value is -2.12. The summed E-state index contributed by atoms with van der Waals surface area (Å²) >= 11 is 0. The zero-order chi connectivity index (χ0) is 48.8. The molecule has 7 atom stereocenters. The van der Waals surface area contributed by atoms with Crippen molar-refractivity contribution in [3.8, 4) is 0 Å². The molecule has 11 nitrogen and oxygen atoms in total. The van der Waals surface area contributed by atoms with Crippen LogP contribution in [0.1, 0.15) is 245 Å². The molecule has 1 aliphatic rings. The number of carbonyl (C=O) groups is 2. The summed E-state index contributed by atoms with van der Waals surface area (Å²) < 4.78 is 16.7. The zero-order valence-electron chi connectivity index (χ0n) is 42.9. The number of rotatable bonds is 47. The van der Waals surface area contributed by atoms with Gasteiger partial charge in [0.1, 0.15) is 24.4 Å². The van der Waals surface area contributed by atoms with E-state index in [1.54, 1.807) is 6.08 Å². The van der Waals surface area contributed by atoms with E-state index in [2.05, 4.69) is 43.5 Å². The van der Waals surface area contributed by atoms with Crippen LogP contribution in [0.5, 0.6) is 0 Å². The minimum absolute atomic E-state index is 0.0441. The molecule has 0 aromatic heterocycles. The van der Waals surface area contributed by atoms with E-state index in [4.69, 9.17) is 14.2 Å². The summed E-state index contributed by atoms with van der Waals surface area (Å²) in [5, 5.41) is 54.1. The molecule has 1 heterocycles. The van der Waals surface area contributed by atoms with Crippen LogP contribution in [-0.2, 0) is 23.8 Å². The highest BCUT2D eigenvalue weighted by Gasteiger charge is 2.44. The minimum Gasteiger partial charge on any atom is -0.466 e. The first kappa shape index (κ1) is 62.9. The fraction of sp³-hybridized carbons (Fsp3) is 0.857. The summed E-state index contributed by atoms with van der Waals surface area (Å²) in [5.41, 5.74) is 0. The Bertz CT molecular complexity index is 1210. The molecule has 0 aromatic carbocycles. The second kappa shape index (κ2) is 46.3. The van der Waals surface area contributed by atoms with E-state index in [-0.39, 0.29) is 18.5 Å². The molecule has 0 aromatic rings. The summed E-state index contributed by atoms with van der Waals surface area (Å²) in [4.78, 5) is 25.1. The molecule has 1 amide bonds. The van der Waals surface area contributed by atoms with Gasteiger partial charge < -0.3 is 45.1 Å². The highest BCUT2D eigenvalue weighted by molar-refractivity contribution is 5.76. The van der Waals surface area contributed by atoms with Crippen LogP contribution in [-0.4, -0.2) is 100 Å². The third-order valence-corrected chi connectivity index (χ3v) is 13.0. The van der Waals surface area contributed by atoms with Crippen molar-refractivity contribution in [2.45, 2.75) is 288 Å². The lowest BCUT2D eigenvalue weighted by Gasteiger charge is -2.40. The van der Waals surface area contributed by atoms with Gasteiger partial charge in [-0.25, -0.2) is 0 Å². The Labute approximate surface area is 409 Å². The molecule has 0 bridgehead atoms. The summed E-state index contributed by atoms with van der Waals surface area (Å²) in [7, 11) is 0. The van der Waals surface area contributed by atoms with Crippen LogP contribution >= 0.6 is 0 Å². The number of carbonyl (C=O) groups excluding carboxylic acids is 2. The highest BCUT2D eigenvalue weighted by atomic mass is 16.7. The number of unbranched alkanes of at least 4 members (excludes halogenated alkanes) is 29. The minimum atomic E-state index is -1.58. The number of hydrogen-bond donors (Lipinski definition) is 6. The van der Waals surface area contributed by atoms with E-state index in [1.165, 1.54) is 141 Å². The van der Waals surface area contributed by atoms with Crippen molar-refractivity contribution >= 4 is 11.9 Å². The topological polar surface area (TPSA) is 175 Å². The lowest BCUT2D eigenvalue weighted by Crippen LogP contribution is -2.60. The molecule has 1 saturated heterocycles. The first-order chi connectivity index (χ1) is 32.7. The second-order valence-electron chi connectivity index (χ2n) is 19.3. The maximum atomic E-state index is 13.0. The van der Waals surface area contributed by atoms with Gasteiger partial charge in [-0.05, 0) is 64.2 Å². The Morgan fingerprint density at radius 1 is 0.552 bits per heavy atom. The predicted octanol–water partition coefficient (Wildman–Crippen LogP) is 11.9. The van der Waals surface area contributed by atoms with Gasteiger partial charge in [-0.2, -0.15) is 0 Å². The SMILES string of the molecule is CCCCC/C=C\C/C=C\CCCCCCCCCCCC(=O)OCCCCCCCCCCCCCC(=O)NC(COC1OC(CO)C(O)C(O)C1O)C(O)/C=C/CCCCCCCCC. The van der Waals surface area contributed by atoms with Gasteiger partial charge >= 0.3 is 5.97 Å². The van der Waals surface area contributed by atoms with Gasteiger partial charge in [-0.3, -0.25) is 9.59 Å². The molecule has 1 rings (SSSR count). The highest BCUT2D eigenvalue weighted by Crippen LogP contribution is 2.23. The molecule has 6 N–H and O–H groups in total. The maximum absolute atomic E-state index is 13.0. The third kappa shape index (κ3) is 36.5. The predicted molar refractivity (Wildman–Crippen MR) is 274 cm³/mol. The van der Waals surface area contributed by atoms with Gasteiger partial charge in [0.2, 0.25) is 5.91 Å². The van der Waals surface area contributed by atoms with E-state index < -0.39 is 49.5 Å². The Morgan fingerprint density at radius 2 is 1.00 bits per heavy atom. The van der Waals surface area contributed by atoms with Gasteiger partial charge in [0, 0.05) is 12.8 Å². The number of amides is 1. The lowest BCUT2D eigenvalue weighted by molar-refractivity contribution is -0.302. The first-order valence-electron chi connectivity index (χ1n) is 27.8. The molecule has 0 saturated carbocycles. The number of hydrogen-bond acceptors (Lipinski definition) is 10. The van der Waals surface area contributed by atoms with Crippen LogP contribution in [0, 0.1) is 0 Å². The molecule has 0 aliphatic carbocycles. The van der Waals surface area contributed by atoms with Crippen molar-refractivity contribution in [2.75, 3.05) is 19.8 Å². The number of allylic oxidation sites excluding steroid dienone is 5. The van der Waals surface area contributed by atoms with Crippen molar-refractivity contribution in [3.63, 3.8) is 0 Å². The first-order valence-corrected chi connectivity index (χ1v) is 27.8. The zero-order valence-corrected chi connectivity index (χ0v) is 42.9. The second-order valence-corrected chi connectivity index (χ2v) is 19.3. The number of esters is 1. The normalized spacial score (nSPS) is 19.8.